The summed E-state index contributed by atoms with van der Waals surface area (Å²) in [4.78, 5) is 51.4. The Morgan fingerprint density at radius 1 is 1.00 bits per heavy atom. The van der Waals surface area contributed by atoms with E-state index >= 15 is 0 Å². The molecular formula is C29H29N3O5S. The Kier molecular flexibility index (Phi) is 6.20. The Hall–Kier alpha value is -3.69. The van der Waals surface area contributed by atoms with E-state index in [-0.39, 0.29) is 5.91 Å². The molecule has 1 aliphatic carbocycles. The van der Waals surface area contributed by atoms with Crippen LogP contribution in [0.15, 0.2) is 54.6 Å². The van der Waals surface area contributed by atoms with Crippen LogP contribution in [0.4, 0.5) is 16.4 Å². The number of hydrogen-bond acceptors (Lipinski definition) is 8. The van der Waals surface area contributed by atoms with Gasteiger partial charge in [0.15, 0.2) is 6.10 Å². The number of carbonyl (C=O) groups is 3. The van der Waals surface area contributed by atoms with Crippen LogP contribution in [0, 0.1) is 5.92 Å². The van der Waals surface area contributed by atoms with Crippen LogP contribution in [0.25, 0.3) is 0 Å². The summed E-state index contributed by atoms with van der Waals surface area (Å²) >= 11 is 1.36. The van der Waals surface area contributed by atoms with Crippen molar-refractivity contribution < 1.29 is 24.0 Å². The topological polar surface area (TPSA) is 79.4 Å². The molecule has 0 bridgehead atoms. The van der Waals surface area contributed by atoms with E-state index in [4.69, 9.17) is 9.57 Å². The van der Waals surface area contributed by atoms with Gasteiger partial charge in [-0.25, -0.2) is 14.8 Å². The number of benzene rings is 2. The molecule has 0 unspecified atom stereocenters. The van der Waals surface area contributed by atoms with Gasteiger partial charge in [-0.1, -0.05) is 30.3 Å². The summed E-state index contributed by atoms with van der Waals surface area (Å²) in [5.41, 5.74) is 3.91. The maximum atomic E-state index is 14.2. The van der Waals surface area contributed by atoms with Crippen molar-refractivity contribution in [3.05, 3.63) is 76.2 Å². The minimum absolute atomic E-state index is 0.348. The number of carbonyl (C=O) groups excluding carboxylic acids is 3. The summed E-state index contributed by atoms with van der Waals surface area (Å²) in [6, 6.07) is 16.9. The molecule has 2 fully saturated rings. The maximum Gasteiger partial charge on any atom is 0.341 e. The number of imide groups is 1. The third kappa shape index (κ3) is 3.80. The second-order valence-electron chi connectivity index (χ2n) is 10.0. The average Bonchev–Trinajstić information content (AvgIpc) is 3.59. The smallest absolute Gasteiger partial charge is 0.341 e. The fourth-order valence-electron chi connectivity index (χ4n) is 5.74. The molecule has 2 amide bonds. The number of para-hydroxylation sites is 1. The molecule has 0 spiro atoms. The molecule has 38 heavy (non-hydrogen) atoms. The molecule has 0 saturated carbocycles. The van der Waals surface area contributed by atoms with Crippen molar-refractivity contribution >= 4 is 45.5 Å². The first-order chi connectivity index (χ1) is 18.4. The second-order valence-corrected chi connectivity index (χ2v) is 11.1. The molecule has 2 saturated heterocycles. The molecule has 0 N–H and O–H groups in total. The van der Waals surface area contributed by atoms with Gasteiger partial charge in [0.1, 0.15) is 10.9 Å². The van der Waals surface area contributed by atoms with Crippen molar-refractivity contribution in [1.29, 1.82) is 0 Å². The quantitative estimate of drug-likeness (QED) is 0.354. The Balaban J connectivity index is 1.44. The number of fused-ring (bicyclic) bond motifs is 2. The first-order valence-electron chi connectivity index (χ1n) is 12.8. The molecular weight excluding hydrogens is 502 g/mol. The van der Waals surface area contributed by atoms with E-state index in [1.807, 2.05) is 73.6 Å². The zero-order chi connectivity index (χ0) is 26.6. The Bertz CT molecular complexity index is 1400. The summed E-state index contributed by atoms with van der Waals surface area (Å²) in [6.07, 6.45) is 2.54. The molecule has 2 aliphatic heterocycles. The molecule has 6 rings (SSSR count). The number of rotatable bonds is 5. The fourth-order valence-corrected chi connectivity index (χ4v) is 7.13. The molecule has 3 heterocycles. The van der Waals surface area contributed by atoms with Crippen molar-refractivity contribution in [2.24, 2.45) is 5.92 Å². The van der Waals surface area contributed by atoms with Crippen LogP contribution in [0.1, 0.15) is 45.2 Å². The largest absolute Gasteiger partial charge is 0.465 e. The van der Waals surface area contributed by atoms with E-state index in [0.717, 1.165) is 53.1 Å². The third-order valence-electron chi connectivity index (χ3n) is 7.62. The summed E-state index contributed by atoms with van der Waals surface area (Å²) in [6.45, 7) is 0. The molecule has 9 heteroatoms. The normalized spacial score (nSPS) is 22.4. The number of hydroxylamine groups is 1. The molecule has 0 radical (unpaired) electrons. The minimum Gasteiger partial charge on any atom is -0.465 e. The molecule has 196 valence electrons. The van der Waals surface area contributed by atoms with E-state index in [1.54, 1.807) is 5.06 Å². The van der Waals surface area contributed by atoms with Gasteiger partial charge in [-0.3, -0.25) is 14.4 Å². The highest BCUT2D eigenvalue weighted by atomic mass is 32.1. The lowest BCUT2D eigenvalue weighted by atomic mass is 9.90. The molecule has 2 aromatic carbocycles. The number of methoxy groups -OCH3 is 1. The lowest BCUT2D eigenvalue weighted by molar-refractivity contribution is -0.126. The number of nitrogens with zero attached hydrogens (tertiary/aromatic N) is 3. The lowest BCUT2D eigenvalue weighted by Crippen LogP contribution is -2.37. The standard InChI is InChI=1S/C29H29N3O5S/c1-30(2)18-15-13-17(14-16-18)24-23-25(37-32(24)19-9-5-4-6-10-19)27(34)31(26(23)33)28-22(29(35)36-3)20-11-7-8-12-21(20)38-28/h4-6,9-10,13-16,23-25H,7-8,11-12H2,1-3H3/t23-,24-,25-/m0/s1. The van der Waals surface area contributed by atoms with E-state index in [9.17, 15) is 14.4 Å². The zero-order valence-corrected chi connectivity index (χ0v) is 22.4. The van der Waals surface area contributed by atoms with Gasteiger partial charge in [0.2, 0.25) is 5.91 Å². The summed E-state index contributed by atoms with van der Waals surface area (Å²) in [7, 11) is 5.27. The van der Waals surface area contributed by atoms with Crippen LogP contribution in [0.3, 0.4) is 0 Å². The van der Waals surface area contributed by atoms with Crippen LogP contribution in [-0.4, -0.2) is 45.1 Å². The van der Waals surface area contributed by atoms with Gasteiger partial charge >= 0.3 is 5.97 Å². The molecule has 3 aliphatic rings. The maximum absolute atomic E-state index is 14.2. The molecule has 3 aromatic rings. The van der Waals surface area contributed by atoms with Gasteiger partial charge in [0, 0.05) is 24.7 Å². The van der Waals surface area contributed by atoms with E-state index in [1.165, 1.54) is 23.3 Å². The van der Waals surface area contributed by atoms with E-state index in [0.29, 0.717) is 10.6 Å². The number of aryl methyl sites for hydroxylation is 1. The van der Waals surface area contributed by atoms with Gasteiger partial charge in [-0.2, -0.15) is 0 Å². The Labute approximate surface area is 225 Å². The van der Waals surface area contributed by atoms with Crippen LogP contribution >= 0.6 is 11.3 Å². The van der Waals surface area contributed by atoms with Gasteiger partial charge in [-0.05, 0) is 61.1 Å². The first kappa shape index (κ1) is 24.6. The first-order valence-corrected chi connectivity index (χ1v) is 13.6. The highest BCUT2D eigenvalue weighted by Crippen LogP contribution is 2.50. The minimum atomic E-state index is -0.995. The van der Waals surface area contributed by atoms with Crippen molar-refractivity contribution in [3.8, 4) is 0 Å². The van der Waals surface area contributed by atoms with Crippen molar-refractivity contribution in [2.75, 3.05) is 36.1 Å². The fraction of sp³-hybridized carbons (Fsp3) is 0.345. The number of anilines is 3. The number of esters is 1. The highest BCUT2D eigenvalue weighted by Gasteiger charge is 2.61. The number of amides is 2. The van der Waals surface area contributed by atoms with E-state index in [2.05, 4.69) is 0 Å². The SMILES string of the molecule is COC(=O)c1c(N2C(=O)[C@@H]3[C@H](ON(c4ccccc4)[C@H]3c3ccc(N(C)C)cc3)C2=O)sc2c1CCCC2. The summed E-state index contributed by atoms with van der Waals surface area (Å²) < 4.78 is 5.10. The third-order valence-corrected chi connectivity index (χ3v) is 8.90. The van der Waals surface area contributed by atoms with Crippen LogP contribution < -0.4 is 14.9 Å². The molecule has 3 atom stereocenters. The van der Waals surface area contributed by atoms with E-state index < -0.39 is 29.9 Å². The summed E-state index contributed by atoms with van der Waals surface area (Å²) in [5.74, 6) is -2.08. The Morgan fingerprint density at radius 3 is 2.39 bits per heavy atom. The second kappa shape index (κ2) is 9.56. The number of hydrogen-bond donors (Lipinski definition) is 0. The molecule has 8 nitrogen and oxygen atoms in total. The molecule has 1 aromatic heterocycles. The van der Waals surface area contributed by atoms with Crippen LogP contribution in [0.5, 0.6) is 0 Å². The van der Waals surface area contributed by atoms with Gasteiger partial charge < -0.3 is 9.64 Å². The predicted octanol–water partition coefficient (Wildman–Crippen LogP) is 4.53. The van der Waals surface area contributed by atoms with Crippen molar-refractivity contribution in [1.82, 2.24) is 0 Å². The van der Waals surface area contributed by atoms with Crippen molar-refractivity contribution in [2.45, 2.75) is 37.8 Å². The lowest BCUT2D eigenvalue weighted by Gasteiger charge is -2.29. The monoisotopic (exact) mass is 531 g/mol. The van der Waals surface area contributed by atoms with Crippen molar-refractivity contribution in [3.63, 3.8) is 0 Å². The zero-order valence-electron chi connectivity index (χ0n) is 21.5. The van der Waals surface area contributed by atoms with Gasteiger partial charge in [-0.15, -0.1) is 11.3 Å². The van der Waals surface area contributed by atoms with Crippen LogP contribution in [-0.2, 0) is 32.0 Å². The van der Waals surface area contributed by atoms with Crippen LogP contribution in [0.2, 0.25) is 0 Å². The predicted molar refractivity (Wildman–Crippen MR) is 146 cm³/mol. The number of ether oxygens (including phenoxy) is 1. The highest BCUT2D eigenvalue weighted by molar-refractivity contribution is 7.17. The van der Waals surface area contributed by atoms with Gasteiger partial charge in [0.25, 0.3) is 5.91 Å². The number of thiophene rings is 1. The average molecular weight is 532 g/mol. The Morgan fingerprint density at radius 2 is 1.71 bits per heavy atom. The van der Waals surface area contributed by atoms with Gasteiger partial charge in [0.05, 0.1) is 24.4 Å². The summed E-state index contributed by atoms with van der Waals surface area (Å²) in [5, 5.41) is 2.05.